The second-order valence-electron chi connectivity index (χ2n) is 4.90. The summed E-state index contributed by atoms with van der Waals surface area (Å²) in [5.74, 6) is -0.209. The van der Waals surface area contributed by atoms with Crippen molar-refractivity contribution in [2.75, 3.05) is 6.54 Å². The molecule has 0 aliphatic carbocycles. The molecule has 0 amide bonds. The third-order valence-electron chi connectivity index (χ3n) is 3.35. The average molecular weight is 336 g/mol. The Morgan fingerprint density at radius 2 is 1.95 bits per heavy atom. The summed E-state index contributed by atoms with van der Waals surface area (Å²) in [5, 5.41) is 3.45. The highest BCUT2D eigenvalue weighted by Crippen LogP contribution is 2.29. The van der Waals surface area contributed by atoms with E-state index in [2.05, 4.69) is 47.2 Å². The SMILES string of the molecule is CCCNC(C)c1cccc(-c2cccc(Br)c2F)c1. The normalized spacial score (nSPS) is 12.4. The van der Waals surface area contributed by atoms with E-state index in [1.165, 1.54) is 5.56 Å². The summed E-state index contributed by atoms with van der Waals surface area (Å²) in [7, 11) is 0. The van der Waals surface area contributed by atoms with E-state index in [1.54, 1.807) is 6.07 Å². The number of rotatable bonds is 5. The molecule has 0 bridgehead atoms. The third-order valence-corrected chi connectivity index (χ3v) is 3.96. The van der Waals surface area contributed by atoms with E-state index in [4.69, 9.17) is 0 Å². The molecule has 0 spiro atoms. The summed E-state index contributed by atoms with van der Waals surface area (Å²) in [5.41, 5.74) is 2.71. The predicted molar refractivity (Wildman–Crippen MR) is 86.2 cm³/mol. The van der Waals surface area contributed by atoms with Crippen molar-refractivity contribution >= 4 is 15.9 Å². The van der Waals surface area contributed by atoms with Gasteiger partial charge >= 0.3 is 0 Å². The number of halogens is 2. The molecule has 0 aromatic heterocycles. The van der Waals surface area contributed by atoms with Crippen molar-refractivity contribution in [2.45, 2.75) is 26.3 Å². The quantitative estimate of drug-likeness (QED) is 0.780. The van der Waals surface area contributed by atoms with Crippen molar-refractivity contribution in [2.24, 2.45) is 0 Å². The maximum absolute atomic E-state index is 14.2. The van der Waals surface area contributed by atoms with Gasteiger partial charge in [-0.25, -0.2) is 4.39 Å². The topological polar surface area (TPSA) is 12.0 Å². The summed E-state index contributed by atoms with van der Waals surface area (Å²) in [6, 6.07) is 13.7. The lowest BCUT2D eigenvalue weighted by atomic mass is 10.00. The third kappa shape index (κ3) is 3.47. The zero-order valence-electron chi connectivity index (χ0n) is 11.8. The fourth-order valence-corrected chi connectivity index (χ4v) is 2.55. The number of hydrogen-bond acceptors (Lipinski definition) is 1. The van der Waals surface area contributed by atoms with Gasteiger partial charge in [0.05, 0.1) is 4.47 Å². The van der Waals surface area contributed by atoms with Gasteiger partial charge in [-0.05, 0) is 59.1 Å². The smallest absolute Gasteiger partial charge is 0.145 e. The molecule has 0 saturated carbocycles. The van der Waals surface area contributed by atoms with Gasteiger partial charge < -0.3 is 5.32 Å². The van der Waals surface area contributed by atoms with Crippen LogP contribution in [0.15, 0.2) is 46.9 Å². The highest BCUT2D eigenvalue weighted by Gasteiger charge is 2.10. The summed E-state index contributed by atoms with van der Waals surface area (Å²) in [4.78, 5) is 0. The van der Waals surface area contributed by atoms with E-state index in [1.807, 2.05) is 24.3 Å². The molecule has 2 aromatic rings. The fourth-order valence-electron chi connectivity index (χ4n) is 2.18. The minimum absolute atomic E-state index is 0.209. The lowest BCUT2D eigenvalue weighted by Crippen LogP contribution is -2.19. The van der Waals surface area contributed by atoms with Gasteiger partial charge in [-0.2, -0.15) is 0 Å². The molecule has 0 fully saturated rings. The molecule has 0 heterocycles. The Morgan fingerprint density at radius 3 is 2.70 bits per heavy atom. The van der Waals surface area contributed by atoms with Gasteiger partial charge in [0.1, 0.15) is 5.82 Å². The molecule has 0 saturated heterocycles. The Morgan fingerprint density at radius 1 is 1.20 bits per heavy atom. The Kier molecular flexibility index (Phi) is 5.32. The number of benzene rings is 2. The van der Waals surface area contributed by atoms with Crippen LogP contribution in [-0.2, 0) is 0 Å². The second-order valence-corrected chi connectivity index (χ2v) is 5.76. The van der Waals surface area contributed by atoms with E-state index in [9.17, 15) is 4.39 Å². The largest absolute Gasteiger partial charge is 0.310 e. The minimum atomic E-state index is -0.209. The van der Waals surface area contributed by atoms with Crippen LogP contribution in [0.25, 0.3) is 11.1 Å². The van der Waals surface area contributed by atoms with Crippen LogP contribution in [0.4, 0.5) is 4.39 Å². The molecular weight excluding hydrogens is 317 g/mol. The lowest BCUT2D eigenvalue weighted by molar-refractivity contribution is 0.571. The van der Waals surface area contributed by atoms with E-state index in [0.717, 1.165) is 18.5 Å². The Balaban J connectivity index is 2.32. The van der Waals surface area contributed by atoms with Crippen LogP contribution in [0.3, 0.4) is 0 Å². The minimum Gasteiger partial charge on any atom is -0.310 e. The van der Waals surface area contributed by atoms with Crippen LogP contribution in [0, 0.1) is 5.82 Å². The van der Waals surface area contributed by atoms with E-state index >= 15 is 0 Å². The first-order valence-electron chi connectivity index (χ1n) is 6.91. The van der Waals surface area contributed by atoms with Gasteiger partial charge in [-0.1, -0.05) is 37.3 Å². The molecule has 1 nitrogen and oxygen atoms in total. The van der Waals surface area contributed by atoms with E-state index in [-0.39, 0.29) is 11.9 Å². The summed E-state index contributed by atoms with van der Waals surface area (Å²) in [6.45, 7) is 5.26. The molecule has 3 heteroatoms. The Labute approximate surface area is 128 Å². The van der Waals surface area contributed by atoms with Gasteiger partial charge in [0.2, 0.25) is 0 Å². The molecule has 1 unspecified atom stereocenters. The zero-order valence-corrected chi connectivity index (χ0v) is 13.4. The molecular formula is C17H19BrFN. The second kappa shape index (κ2) is 7.00. The number of hydrogen-bond donors (Lipinski definition) is 1. The van der Waals surface area contributed by atoms with Crippen molar-refractivity contribution in [3.05, 3.63) is 58.3 Å². The summed E-state index contributed by atoms with van der Waals surface area (Å²) < 4.78 is 14.7. The van der Waals surface area contributed by atoms with Gasteiger partial charge in [0.25, 0.3) is 0 Å². The molecule has 20 heavy (non-hydrogen) atoms. The monoisotopic (exact) mass is 335 g/mol. The molecule has 106 valence electrons. The van der Waals surface area contributed by atoms with E-state index < -0.39 is 0 Å². The average Bonchev–Trinajstić information content (AvgIpc) is 2.47. The van der Waals surface area contributed by atoms with Crippen molar-refractivity contribution in [3.8, 4) is 11.1 Å². The first-order valence-corrected chi connectivity index (χ1v) is 7.70. The first kappa shape index (κ1) is 15.2. The molecule has 2 aromatic carbocycles. The maximum Gasteiger partial charge on any atom is 0.145 e. The van der Waals surface area contributed by atoms with Crippen molar-refractivity contribution in [1.29, 1.82) is 0 Å². The maximum atomic E-state index is 14.2. The van der Waals surface area contributed by atoms with Crippen molar-refractivity contribution in [1.82, 2.24) is 5.32 Å². The first-order chi connectivity index (χ1) is 9.63. The lowest BCUT2D eigenvalue weighted by Gasteiger charge is -2.15. The molecule has 0 aliphatic heterocycles. The van der Waals surface area contributed by atoms with Gasteiger partial charge in [-0.3, -0.25) is 0 Å². The molecule has 1 atom stereocenters. The van der Waals surface area contributed by atoms with Crippen molar-refractivity contribution in [3.63, 3.8) is 0 Å². The van der Waals surface area contributed by atoms with Crippen LogP contribution in [0.2, 0.25) is 0 Å². The van der Waals surface area contributed by atoms with Crippen LogP contribution < -0.4 is 5.32 Å². The van der Waals surface area contributed by atoms with Crippen molar-refractivity contribution < 1.29 is 4.39 Å². The van der Waals surface area contributed by atoms with E-state index in [0.29, 0.717) is 10.0 Å². The van der Waals surface area contributed by atoms with Gasteiger partial charge in [-0.15, -0.1) is 0 Å². The summed E-state index contributed by atoms with van der Waals surface area (Å²) >= 11 is 3.24. The molecule has 0 aliphatic rings. The Hall–Kier alpha value is -1.19. The standard InChI is InChI=1S/C17H19BrFN/c1-3-10-20-12(2)13-6-4-7-14(11-13)15-8-5-9-16(18)17(15)19/h4-9,11-12,20H,3,10H2,1-2H3. The fraction of sp³-hybridized carbons (Fsp3) is 0.294. The highest BCUT2D eigenvalue weighted by atomic mass is 79.9. The molecule has 0 radical (unpaired) electrons. The molecule has 2 rings (SSSR count). The predicted octanol–water partition coefficient (Wildman–Crippen LogP) is 5.32. The highest BCUT2D eigenvalue weighted by molar-refractivity contribution is 9.10. The zero-order chi connectivity index (χ0) is 14.5. The van der Waals surface area contributed by atoms with Crippen LogP contribution >= 0.6 is 15.9 Å². The van der Waals surface area contributed by atoms with Crippen LogP contribution in [-0.4, -0.2) is 6.54 Å². The summed E-state index contributed by atoms with van der Waals surface area (Å²) in [6.07, 6.45) is 1.10. The Bertz CT molecular complexity index is 583. The molecule has 1 N–H and O–H groups in total. The van der Waals surface area contributed by atoms with Gasteiger partial charge in [0, 0.05) is 11.6 Å². The van der Waals surface area contributed by atoms with Crippen LogP contribution in [0.1, 0.15) is 31.9 Å². The number of nitrogens with one attached hydrogen (secondary N) is 1. The van der Waals surface area contributed by atoms with Crippen LogP contribution in [0.5, 0.6) is 0 Å². The van der Waals surface area contributed by atoms with Gasteiger partial charge in [0.15, 0.2) is 0 Å².